The summed E-state index contributed by atoms with van der Waals surface area (Å²) in [5.41, 5.74) is 1.71. The van der Waals surface area contributed by atoms with Crippen molar-refractivity contribution in [3.63, 3.8) is 0 Å². The molecule has 3 aromatic heterocycles. The summed E-state index contributed by atoms with van der Waals surface area (Å²) in [5, 5.41) is 8.32. The van der Waals surface area contributed by atoms with Crippen molar-refractivity contribution in [2.24, 2.45) is 0 Å². The predicted octanol–water partition coefficient (Wildman–Crippen LogP) is 6.83. The number of benzene rings is 2. The van der Waals surface area contributed by atoms with Crippen molar-refractivity contribution in [1.29, 1.82) is 0 Å². The summed E-state index contributed by atoms with van der Waals surface area (Å²) < 4.78 is 51.7. The molecule has 0 aliphatic carbocycles. The first-order valence-electron chi connectivity index (χ1n) is 10.7. The van der Waals surface area contributed by atoms with Crippen LogP contribution >= 0.6 is 0 Å². The van der Waals surface area contributed by atoms with E-state index in [4.69, 9.17) is 5.11 Å². The van der Waals surface area contributed by atoms with Gasteiger partial charge in [0.15, 0.2) is 0 Å². The fourth-order valence-corrected chi connectivity index (χ4v) is 2.93. The van der Waals surface area contributed by atoms with Gasteiger partial charge in [0.1, 0.15) is 29.0 Å². The fraction of sp³-hybridized carbons (Fsp3) is 0. The van der Waals surface area contributed by atoms with Crippen molar-refractivity contribution in [3.8, 4) is 22.5 Å². The molecule has 0 aliphatic heterocycles. The van der Waals surface area contributed by atoms with Gasteiger partial charge in [-0.15, -0.1) is 0 Å². The molecule has 1 N–H and O–H groups in total. The molecule has 0 atom stereocenters. The number of halogens is 4. The molecule has 10 heteroatoms. The molecule has 5 aromatic rings. The van der Waals surface area contributed by atoms with Crippen LogP contribution in [0.1, 0.15) is 10.5 Å². The molecule has 0 aliphatic rings. The van der Waals surface area contributed by atoms with Gasteiger partial charge in [0.05, 0.1) is 11.4 Å². The number of carboxylic acids is 1. The average molecular weight is 698 g/mol. The van der Waals surface area contributed by atoms with Crippen LogP contribution in [0.4, 0.5) is 17.6 Å². The molecule has 3 heterocycles. The summed E-state index contributed by atoms with van der Waals surface area (Å²) in [6.45, 7) is 0. The first-order valence-corrected chi connectivity index (χ1v) is 10.7. The van der Waals surface area contributed by atoms with Gasteiger partial charge in [-0.2, -0.15) is 0 Å². The molecule has 0 saturated heterocycles. The standard InChI is InChI=1S/2C11H7F2N.C6H5NO2.Ir/c2*12-8-4-5-9(10(13)7-8)11-3-1-2-6-14-11;8-6(9)5-3-1-2-4-7-5;/h2*1-7H;1-4H,(H,8,9);/q;;;+3. The quantitative estimate of drug-likeness (QED) is 0.209. The molecule has 38 heavy (non-hydrogen) atoms. The van der Waals surface area contributed by atoms with Crippen LogP contribution in [-0.4, -0.2) is 26.0 Å². The zero-order valence-corrected chi connectivity index (χ0v) is 21.8. The number of aromatic carboxylic acids is 1. The Kier molecular flexibility index (Phi) is 11.9. The number of pyridine rings is 3. The maximum Gasteiger partial charge on any atom is 3.00 e. The second-order valence-corrected chi connectivity index (χ2v) is 7.20. The number of rotatable bonds is 3. The van der Waals surface area contributed by atoms with E-state index < -0.39 is 29.2 Å². The van der Waals surface area contributed by atoms with E-state index in [1.807, 2.05) is 0 Å². The van der Waals surface area contributed by atoms with Crippen LogP contribution in [0.25, 0.3) is 22.5 Å². The second-order valence-electron chi connectivity index (χ2n) is 7.20. The summed E-state index contributed by atoms with van der Waals surface area (Å²) in [6.07, 6.45) is 4.58. The number of carbonyl (C=O) groups is 1. The normalized spacial score (nSPS) is 9.58. The summed E-state index contributed by atoms with van der Waals surface area (Å²) in [7, 11) is 0. The third-order valence-corrected chi connectivity index (χ3v) is 4.63. The molecule has 0 fully saturated rings. The predicted molar refractivity (Wildman–Crippen MR) is 130 cm³/mol. The Balaban J connectivity index is 0.000000203. The van der Waals surface area contributed by atoms with E-state index in [9.17, 15) is 22.4 Å². The van der Waals surface area contributed by atoms with Crippen LogP contribution in [0.15, 0.2) is 110 Å². The van der Waals surface area contributed by atoms with Crippen molar-refractivity contribution >= 4 is 5.97 Å². The zero-order valence-electron chi connectivity index (χ0n) is 19.4. The minimum Gasteiger partial charge on any atom is -0.477 e. The summed E-state index contributed by atoms with van der Waals surface area (Å²) in [4.78, 5) is 21.7. The van der Waals surface area contributed by atoms with Gasteiger partial charge in [-0.05, 0) is 60.7 Å². The van der Waals surface area contributed by atoms with Crippen LogP contribution in [-0.2, 0) is 20.1 Å². The van der Waals surface area contributed by atoms with Crippen LogP contribution in [0, 0.1) is 23.3 Å². The average Bonchev–Trinajstić information content (AvgIpc) is 2.91. The van der Waals surface area contributed by atoms with Crippen molar-refractivity contribution < 1.29 is 47.6 Å². The molecule has 0 saturated carbocycles. The summed E-state index contributed by atoms with van der Waals surface area (Å²) >= 11 is 0. The van der Waals surface area contributed by atoms with Crippen molar-refractivity contribution in [3.05, 3.63) is 139 Å². The number of carboxylic acid groups (broad SMARTS) is 1. The fourth-order valence-electron chi connectivity index (χ4n) is 2.93. The zero-order chi connectivity index (χ0) is 26.6. The monoisotopic (exact) mass is 698 g/mol. The molecule has 0 amide bonds. The number of nitrogens with zero attached hydrogens (tertiary/aromatic N) is 3. The maximum atomic E-state index is 13.3. The van der Waals surface area contributed by atoms with Crippen LogP contribution in [0.3, 0.4) is 0 Å². The van der Waals surface area contributed by atoms with Gasteiger partial charge >= 0.3 is 26.1 Å². The van der Waals surface area contributed by atoms with Gasteiger partial charge in [0, 0.05) is 41.9 Å². The Hall–Kier alpha value is -4.27. The molecule has 5 rings (SSSR count). The minimum atomic E-state index is -0.990. The van der Waals surface area contributed by atoms with E-state index in [0.717, 1.165) is 12.1 Å². The van der Waals surface area contributed by atoms with E-state index in [1.54, 1.807) is 60.9 Å². The topological polar surface area (TPSA) is 76.0 Å². The molecular formula is C28H19F4IrN3O2+3. The third kappa shape index (κ3) is 8.99. The van der Waals surface area contributed by atoms with E-state index in [0.29, 0.717) is 22.5 Å². The Labute approximate surface area is 229 Å². The first-order chi connectivity index (χ1) is 17.8. The molecule has 0 unspecified atom stereocenters. The van der Waals surface area contributed by atoms with E-state index >= 15 is 0 Å². The van der Waals surface area contributed by atoms with Gasteiger partial charge in [0.25, 0.3) is 0 Å². The first kappa shape index (κ1) is 30.0. The summed E-state index contributed by atoms with van der Waals surface area (Å²) in [6, 6.07) is 22.0. The number of aromatic nitrogens is 3. The van der Waals surface area contributed by atoms with Gasteiger partial charge < -0.3 is 5.11 Å². The maximum absolute atomic E-state index is 13.3. The molecule has 2 aromatic carbocycles. The van der Waals surface area contributed by atoms with Crippen LogP contribution in [0.5, 0.6) is 0 Å². The van der Waals surface area contributed by atoms with Crippen molar-refractivity contribution in [1.82, 2.24) is 15.0 Å². The summed E-state index contributed by atoms with van der Waals surface area (Å²) in [5.74, 6) is -3.34. The third-order valence-electron chi connectivity index (χ3n) is 4.63. The Morgan fingerprint density at radius 2 is 1.00 bits per heavy atom. The number of hydrogen-bond acceptors (Lipinski definition) is 4. The number of hydrogen-bond donors (Lipinski definition) is 1. The Morgan fingerprint density at radius 1 is 0.579 bits per heavy atom. The van der Waals surface area contributed by atoms with E-state index in [2.05, 4.69) is 15.0 Å². The van der Waals surface area contributed by atoms with E-state index in [1.165, 1.54) is 36.5 Å². The smallest absolute Gasteiger partial charge is 0.477 e. The molecular weight excluding hydrogens is 679 g/mol. The SMILES string of the molecule is Fc1ccc(-c2ccccn2)c(F)c1.Fc1ccc(-c2ccccn2)c(F)c1.O=C(O)c1ccccn1.[Ir+3]. The Morgan fingerprint density at radius 3 is 1.29 bits per heavy atom. The second kappa shape index (κ2) is 15.1. The molecule has 192 valence electrons. The molecule has 0 bridgehead atoms. The van der Waals surface area contributed by atoms with Gasteiger partial charge in [-0.3, -0.25) is 9.97 Å². The van der Waals surface area contributed by atoms with Crippen molar-refractivity contribution in [2.45, 2.75) is 0 Å². The van der Waals surface area contributed by atoms with Gasteiger partial charge in [-0.1, -0.05) is 18.2 Å². The van der Waals surface area contributed by atoms with E-state index in [-0.39, 0.29) is 25.8 Å². The van der Waals surface area contributed by atoms with Crippen LogP contribution in [0.2, 0.25) is 0 Å². The van der Waals surface area contributed by atoms with Crippen LogP contribution < -0.4 is 0 Å². The molecule has 5 nitrogen and oxygen atoms in total. The Bertz CT molecular complexity index is 1360. The molecule has 0 radical (unpaired) electrons. The largest absolute Gasteiger partial charge is 3.00 e. The van der Waals surface area contributed by atoms with Gasteiger partial charge in [0.2, 0.25) is 0 Å². The van der Waals surface area contributed by atoms with Crippen molar-refractivity contribution in [2.75, 3.05) is 0 Å². The molecule has 0 spiro atoms. The minimum absolute atomic E-state index is 0. The van der Waals surface area contributed by atoms with Gasteiger partial charge in [-0.25, -0.2) is 27.3 Å².